The van der Waals surface area contributed by atoms with E-state index in [4.69, 9.17) is 14.2 Å². The maximum absolute atomic E-state index is 13.8. The Kier molecular flexibility index (Phi) is 7.19. The topological polar surface area (TPSA) is 111 Å². The van der Waals surface area contributed by atoms with Gasteiger partial charge in [0.2, 0.25) is 0 Å². The molecular formula is C27H33NO7. The first-order valence-corrected chi connectivity index (χ1v) is 12.2. The maximum atomic E-state index is 13.8. The zero-order valence-corrected chi connectivity index (χ0v) is 20.7. The standard InChI is InChI=1S/C27H33NO7/c1-14-12-18-24(25(30)21(14)26(31)34-4)23(16-10-11-19(29)20(13-16)33-3)22(15(2)28-18)27(32)35-17-8-6-5-7-9-17/h10-11,13-14,17,21,23,28-29H,5-9,12H2,1-4H3/t14-,21-,23+/m0/s1. The molecule has 0 bridgehead atoms. The molecule has 0 saturated heterocycles. The Labute approximate surface area is 205 Å². The van der Waals surface area contributed by atoms with Gasteiger partial charge in [-0.2, -0.15) is 0 Å². The molecule has 35 heavy (non-hydrogen) atoms. The molecule has 0 radical (unpaired) electrons. The number of ether oxygens (including phenoxy) is 3. The van der Waals surface area contributed by atoms with Crippen molar-refractivity contribution < 1.29 is 33.7 Å². The number of esters is 2. The molecule has 2 N–H and O–H groups in total. The molecule has 1 fully saturated rings. The highest BCUT2D eigenvalue weighted by molar-refractivity contribution is 6.12. The number of carbonyl (C=O) groups is 3. The molecule has 1 aliphatic heterocycles. The van der Waals surface area contributed by atoms with Crippen LogP contribution in [0.3, 0.4) is 0 Å². The highest BCUT2D eigenvalue weighted by Crippen LogP contribution is 2.47. The summed E-state index contributed by atoms with van der Waals surface area (Å²) < 4.78 is 16.2. The zero-order valence-electron chi connectivity index (χ0n) is 20.7. The van der Waals surface area contributed by atoms with Crippen LogP contribution in [0.1, 0.15) is 63.9 Å². The third kappa shape index (κ3) is 4.66. The van der Waals surface area contributed by atoms with Gasteiger partial charge < -0.3 is 24.6 Å². The van der Waals surface area contributed by atoms with Crippen LogP contribution in [0.5, 0.6) is 11.5 Å². The maximum Gasteiger partial charge on any atom is 0.337 e. The molecule has 0 unspecified atom stereocenters. The van der Waals surface area contributed by atoms with Crippen LogP contribution in [0.4, 0.5) is 0 Å². The second-order valence-electron chi connectivity index (χ2n) is 9.63. The summed E-state index contributed by atoms with van der Waals surface area (Å²) in [5.74, 6) is -3.27. The summed E-state index contributed by atoms with van der Waals surface area (Å²) >= 11 is 0. The fourth-order valence-corrected chi connectivity index (χ4v) is 5.56. The van der Waals surface area contributed by atoms with Crippen molar-refractivity contribution in [3.8, 4) is 11.5 Å². The van der Waals surface area contributed by atoms with Crippen LogP contribution in [0.15, 0.2) is 40.7 Å². The average Bonchev–Trinajstić information content (AvgIpc) is 2.83. The highest BCUT2D eigenvalue weighted by Gasteiger charge is 2.47. The molecule has 1 heterocycles. The Morgan fingerprint density at radius 2 is 1.83 bits per heavy atom. The Morgan fingerprint density at radius 3 is 2.49 bits per heavy atom. The summed E-state index contributed by atoms with van der Waals surface area (Å²) in [6.45, 7) is 3.64. The van der Waals surface area contributed by atoms with Crippen LogP contribution in [0.2, 0.25) is 0 Å². The number of Topliss-reactive ketones (excluding diaryl/α,β-unsaturated/α-hetero) is 1. The van der Waals surface area contributed by atoms with E-state index in [0.29, 0.717) is 34.5 Å². The molecule has 1 aromatic carbocycles. The first-order valence-electron chi connectivity index (χ1n) is 12.2. The van der Waals surface area contributed by atoms with Gasteiger partial charge in [-0.25, -0.2) is 4.79 Å². The third-order valence-electron chi connectivity index (χ3n) is 7.33. The van der Waals surface area contributed by atoms with E-state index >= 15 is 0 Å². The highest BCUT2D eigenvalue weighted by atomic mass is 16.5. The molecular weight excluding hydrogens is 450 g/mol. The second-order valence-corrected chi connectivity index (χ2v) is 9.63. The molecule has 188 valence electrons. The number of hydrogen-bond donors (Lipinski definition) is 2. The van der Waals surface area contributed by atoms with Gasteiger partial charge in [-0.15, -0.1) is 0 Å². The predicted octanol–water partition coefficient (Wildman–Crippen LogP) is 3.89. The fourth-order valence-electron chi connectivity index (χ4n) is 5.56. The van der Waals surface area contributed by atoms with Crippen molar-refractivity contribution in [1.29, 1.82) is 0 Å². The van der Waals surface area contributed by atoms with Gasteiger partial charge in [0.1, 0.15) is 12.0 Å². The van der Waals surface area contributed by atoms with E-state index < -0.39 is 23.8 Å². The van der Waals surface area contributed by atoms with E-state index in [1.165, 1.54) is 20.3 Å². The number of dihydropyridines is 1. The van der Waals surface area contributed by atoms with Crippen molar-refractivity contribution in [2.24, 2.45) is 11.8 Å². The van der Waals surface area contributed by atoms with E-state index in [2.05, 4.69) is 5.32 Å². The minimum Gasteiger partial charge on any atom is -0.504 e. The lowest BCUT2D eigenvalue weighted by Crippen LogP contribution is -2.43. The molecule has 3 atom stereocenters. The molecule has 8 nitrogen and oxygen atoms in total. The summed E-state index contributed by atoms with van der Waals surface area (Å²) in [7, 11) is 2.71. The fraction of sp³-hybridized carbons (Fsp3) is 0.519. The average molecular weight is 484 g/mol. The van der Waals surface area contributed by atoms with Crippen LogP contribution >= 0.6 is 0 Å². The predicted molar refractivity (Wildman–Crippen MR) is 128 cm³/mol. The molecule has 2 aliphatic carbocycles. The molecule has 1 saturated carbocycles. The van der Waals surface area contributed by atoms with Crippen LogP contribution in [0.25, 0.3) is 0 Å². The van der Waals surface area contributed by atoms with Gasteiger partial charge >= 0.3 is 11.9 Å². The quantitative estimate of drug-likeness (QED) is 0.479. The number of aromatic hydroxyl groups is 1. The summed E-state index contributed by atoms with van der Waals surface area (Å²) in [6.07, 6.45) is 5.08. The number of carbonyl (C=O) groups excluding carboxylic acids is 3. The minimum atomic E-state index is -0.962. The Balaban J connectivity index is 1.82. The molecule has 0 amide bonds. The van der Waals surface area contributed by atoms with Gasteiger partial charge in [0, 0.05) is 22.9 Å². The lowest BCUT2D eigenvalue weighted by molar-refractivity contribution is -0.151. The van der Waals surface area contributed by atoms with Gasteiger partial charge in [-0.3, -0.25) is 9.59 Å². The Morgan fingerprint density at radius 1 is 1.11 bits per heavy atom. The van der Waals surface area contributed by atoms with E-state index in [9.17, 15) is 19.5 Å². The normalized spacial score (nSPS) is 25.0. The number of phenolic OH excluding ortho intramolecular Hbond substituents is 1. The van der Waals surface area contributed by atoms with Crippen molar-refractivity contribution in [3.63, 3.8) is 0 Å². The monoisotopic (exact) mass is 483 g/mol. The molecule has 0 aromatic heterocycles. The number of hydrogen-bond acceptors (Lipinski definition) is 8. The van der Waals surface area contributed by atoms with Crippen LogP contribution in [-0.2, 0) is 23.9 Å². The van der Waals surface area contributed by atoms with Crippen molar-refractivity contribution in [3.05, 3.63) is 46.3 Å². The smallest absolute Gasteiger partial charge is 0.337 e. The summed E-state index contributed by atoms with van der Waals surface area (Å²) in [5, 5.41) is 13.4. The van der Waals surface area contributed by atoms with Crippen molar-refractivity contribution in [2.75, 3.05) is 14.2 Å². The second kappa shape index (κ2) is 10.1. The molecule has 4 rings (SSSR count). The first-order chi connectivity index (χ1) is 16.8. The number of phenols is 1. The summed E-state index contributed by atoms with van der Waals surface area (Å²) in [5.41, 5.74) is 2.57. The Bertz CT molecular complexity index is 1100. The van der Waals surface area contributed by atoms with Gasteiger partial charge in [-0.05, 0) is 62.6 Å². The van der Waals surface area contributed by atoms with Gasteiger partial charge in [-0.1, -0.05) is 19.4 Å². The number of methoxy groups -OCH3 is 2. The first kappa shape index (κ1) is 24.8. The van der Waals surface area contributed by atoms with Crippen LogP contribution in [-0.4, -0.2) is 43.2 Å². The summed E-state index contributed by atoms with van der Waals surface area (Å²) in [4.78, 5) is 39.9. The van der Waals surface area contributed by atoms with Gasteiger partial charge in [0.05, 0.1) is 19.8 Å². The Hall–Kier alpha value is -3.29. The van der Waals surface area contributed by atoms with Crippen molar-refractivity contribution in [1.82, 2.24) is 5.32 Å². The SMILES string of the molecule is COC(=O)[C@@H]1C(=O)C2=C(C[C@@H]1C)NC(C)=C(C(=O)OC1CCCCC1)[C@H]2c1ccc(O)c(OC)c1. The van der Waals surface area contributed by atoms with E-state index in [1.54, 1.807) is 19.1 Å². The summed E-state index contributed by atoms with van der Waals surface area (Å²) in [6, 6.07) is 4.76. The van der Waals surface area contributed by atoms with E-state index in [0.717, 1.165) is 32.1 Å². The zero-order chi connectivity index (χ0) is 25.3. The molecule has 3 aliphatic rings. The van der Waals surface area contributed by atoms with Crippen LogP contribution in [0, 0.1) is 11.8 Å². The molecule has 8 heteroatoms. The minimum absolute atomic E-state index is 0.0533. The number of benzene rings is 1. The number of rotatable bonds is 5. The lowest BCUT2D eigenvalue weighted by Gasteiger charge is -2.38. The van der Waals surface area contributed by atoms with E-state index in [1.807, 2.05) is 6.92 Å². The van der Waals surface area contributed by atoms with Crippen molar-refractivity contribution >= 4 is 17.7 Å². The van der Waals surface area contributed by atoms with Crippen molar-refractivity contribution in [2.45, 2.75) is 64.4 Å². The number of nitrogens with one attached hydrogen (secondary N) is 1. The van der Waals surface area contributed by atoms with Gasteiger partial charge in [0.25, 0.3) is 0 Å². The van der Waals surface area contributed by atoms with Crippen LogP contribution < -0.4 is 10.1 Å². The lowest BCUT2D eigenvalue weighted by atomic mass is 9.69. The molecule has 1 aromatic rings. The largest absolute Gasteiger partial charge is 0.504 e. The number of allylic oxidation sites excluding steroid dienone is 3. The number of ketones is 1. The van der Waals surface area contributed by atoms with E-state index in [-0.39, 0.29) is 29.3 Å². The molecule has 0 spiro atoms. The third-order valence-corrected chi connectivity index (χ3v) is 7.33. The van der Waals surface area contributed by atoms with Gasteiger partial charge in [0.15, 0.2) is 17.3 Å².